The normalized spacial score (nSPS) is 14.2. The van der Waals surface area contributed by atoms with Gasteiger partial charge in [0.15, 0.2) is 17.3 Å². The molecule has 2 heterocycles. The van der Waals surface area contributed by atoms with Gasteiger partial charge in [-0.2, -0.15) is 5.26 Å². The molecule has 1 aliphatic heterocycles. The molecule has 1 fully saturated rings. The zero-order valence-corrected chi connectivity index (χ0v) is 16.3. The van der Waals surface area contributed by atoms with E-state index in [0.717, 1.165) is 17.8 Å². The van der Waals surface area contributed by atoms with Crippen LogP contribution in [0, 0.1) is 23.0 Å². The molecule has 0 spiro atoms. The van der Waals surface area contributed by atoms with Crippen molar-refractivity contribution in [3.63, 3.8) is 0 Å². The molecular weight excluding hydrogens is 406 g/mol. The summed E-state index contributed by atoms with van der Waals surface area (Å²) in [5, 5.41) is 15.6. The van der Waals surface area contributed by atoms with Gasteiger partial charge < -0.3 is 19.5 Å². The van der Waals surface area contributed by atoms with E-state index in [2.05, 4.69) is 21.4 Å². The number of hydrogen-bond acceptors (Lipinski definition) is 6. The van der Waals surface area contributed by atoms with Crippen molar-refractivity contribution in [3.05, 3.63) is 71.6 Å². The highest BCUT2D eigenvalue weighted by Crippen LogP contribution is 2.31. The van der Waals surface area contributed by atoms with Gasteiger partial charge in [0.05, 0.1) is 23.0 Å². The summed E-state index contributed by atoms with van der Waals surface area (Å²) in [5.41, 5.74) is 1.77. The summed E-state index contributed by atoms with van der Waals surface area (Å²) in [6, 6.07) is 11.8. The van der Waals surface area contributed by atoms with Gasteiger partial charge in [-0.25, -0.2) is 8.78 Å². The number of amides is 1. The lowest BCUT2D eigenvalue weighted by Gasteiger charge is -2.34. The van der Waals surface area contributed by atoms with Crippen LogP contribution in [0.1, 0.15) is 28.9 Å². The molecule has 0 bridgehead atoms. The summed E-state index contributed by atoms with van der Waals surface area (Å²) >= 11 is 0. The second-order valence-corrected chi connectivity index (χ2v) is 7.06. The molecule has 1 aliphatic rings. The number of piperidine rings is 1. The number of carbonyl (C=O) groups is 1. The summed E-state index contributed by atoms with van der Waals surface area (Å²) in [6.07, 6.45) is 2.29. The minimum Gasteiger partial charge on any atom is -0.487 e. The van der Waals surface area contributed by atoms with Crippen LogP contribution in [-0.4, -0.2) is 30.3 Å². The quantitative estimate of drug-likeness (QED) is 0.662. The standard InChI is InChI=1S/C22H18F2N4O3/c23-15-2-4-21(17(24)12-15)31-16-5-8-28(9-6-16)20-3-1-14(13-25)11-19(20)26-22(29)18-7-10-30-27-18/h1-4,7,10-12,16H,5-6,8-9H2,(H,26,29). The predicted molar refractivity (Wildman–Crippen MR) is 108 cm³/mol. The maximum absolute atomic E-state index is 13.9. The Hall–Kier alpha value is -3.93. The molecule has 0 radical (unpaired) electrons. The van der Waals surface area contributed by atoms with Crippen molar-refractivity contribution in [2.24, 2.45) is 0 Å². The molecule has 158 valence electrons. The van der Waals surface area contributed by atoms with E-state index in [0.29, 0.717) is 37.2 Å². The van der Waals surface area contributed by atoms with E-state index >= 15 is 0 Å². The van der Waals surface area contributed by atoms with Crippen LogP contribution in [0.2, 0.25) is 0 Å². The third-order valence-electron chi connectivity index (χ3n) is 5.01. The van der Waals surface area contributed by atoms with Crippen LogP contribution in [0.3, 0.4) is 0 Å². The number of aromatic nitrogens is 1. The van der Waals surface area contributed by atoms with Gasteiger partial charge in [-0.3, -0.25) is 4.79 Å². The predicted octanol–water partition coefficient (Wildman–Crippen LogP) is 4.12. The lowest BCUT2D eigenvalue weighted by molar-refractivity contribution is 0.101. The van der Waals surface area contributed by atoms with E-state index in [1.54, 1.807) is 18.2 Å². The molecule has 2 aromatic carbocycles. The van der Waals surface area contributed by atoms with Crippen LogP contribution >= 0.6 is 0 Å². The molecule has 1 saturated heterocycles. The van der Waals surface area contributed by atoms with Gasteiger partial charge >= 0.3 is 0 Å². The number of nitrogens with zero attached hydrogens (tertiary/aromatic N) is 3. The Morgan fingerprint density at radius 3 is 2.68 bits per heavy atom. The van der Waals surface area contributed by atoms with Crippen LogP contribution in [0.4, 0.5) is 20.2 Å². The molecule has 1 amide bonds. The Kier molecular flexibility index (Phi) is 5.80. The van der Waals surface area contributed by atoms with Gasteiger partial charge in [0.1, 0.15) is 18.2 Å². The molecular formula is C22H18F2N4O3. The molecule has 0 unspecified atom stereocenters. The topological polar surface area (TPSA) is 91.4 Å². The Bertz CT molecular complexity index is 1120. The van der Waals surface area contributed by atoms with Crippen molar-refractivity contribution in [3.8, 4) is 11.8 Å². The van der Waals surface area contributed by atoms with Crippen molar-refractivity contribution in [1.29, 1.82) is 5.26 Å². The minimum atomic E-state index is -0.729. The fourth-order valence-electron chi connectivity index (χ4n) is 3.46. The fourth-order valence-corrected chi connectivity index (χ4v) is 3.46. The third kappa shape index (κ3) is 4.64. The maximum Gasteiger partial charge on any atom is 0.277 e. The van der Waals surface area contributed by atoms with Gasteiger partial charge in [0.25, 0.3) is 5.91 Å². The Labute approximate surface area is 176 Å². The maximum atomic E-state index is 13.9. The second-order valence-electron chi connectivity index (χ2n) is 7.06. The molecule has 7 nitrogen and oxygen atoms in total. The third-order valence-corrected chi connectivity index (χ3v) is 5.01. The number of nitrogens with one attached hydrogen (secondary N) is 1. The van der Waals surface area contributed by atoms with Crippen molar-refractivity contribution < 1.29 is 22.8 Å². The van der Waals surface area contributed by atoms with E-state index in [4.69, 9.17) is 9.26 Å². The molecule has 9 heteroatoms. The first-order valence-electron chi connectivity index (χ1n) is 9.66. The van der Waals surface area contributed by atoms with Crippen LogP contribution < -0.4 is 15.0 Å². The summed E-state index contributed by atoms with van der Waals surface area (Å²) < 4.78 is 37.3. The van der Waals surface area contributed by atoms with E-state index in [-0.39, 0.29) is 17.5 Å². The number of rotatable bonds is 5. The summed E-state index contributed by atoms with van der Waals surface area (Å²) in [5.74, 6) is -1.80. The van der Waals surface area contributed by atoms with E-state index < -0.39 is 17.5 Å². The monoisotopic (exact) mass is 424 g/mol. The highest BCUT2D eigenvalue weighted by molar-refractivity contribution is 6.04. The van der Waals surface area contributed by atoms with Crippen molar-refractivity contribution in [1.82, 2.24) is 5.16 Å². The average molecular weight is 424 g/mol. The van der Waals surface area contributed by atoms with Crippen molar-refractivity contribution >= 4 is 17.3 Å². The van der Waals surface area contributed by atoms with Gasteiger partial charge in [-0.1, -0.05) is 5.16 Å². The first-order chi connectivity index (χ1) is 15.0. The molecule has 3 aromatic rings. The Morgan fingerprint density at radius 1 is 1.19 bits per heavy atom. The molecule has 0 aliphatic carbocycles. The number of carbonyl (C=O) groups excluding carboxylic acids is 1. The minimum absolute atomic E-state index is 0.0267. The number of ether oxygens (including phenoxy) is 1. The van der Waals surface area contributed by atoms with E-state index in [1.165, 1.54) is 18.4 Å². The summed E-state index contributed by atoms with van der Waals surface area (Å²) in [7, 11) is 0. The van der Waals surface area contributed by atoms with Crippen molar-refractivity contribution in [2.75, 3.05) is 23.3 Å². The van der Waals surface area contributed by atoms with E-state index in [9.17, 15) is 18.8 Å². The van der Waals surface area contributed by atoms with Gasteiger partial charge in [0.2, 0.25) is 0 Å². The first kappa shape index (κ1) is 20.3. The lowest BCUT2D eigenvalue weighted by Crippen LogP contribution is -2.38. The molecule has 1 N–H and O–H groups in total. The average Bonchev–Trinajstić information content (AvgIpc) is 3.31. The van der Waals surface area contributed by atoms with Gasteiger partial charge in [0, 0.05) is 38.1 Å². The molecule has 4 rings (SSSR count). The molecule has 0 saturated carbocycles. The highest BCUT2D eigenvalue weighted by atomic mass is 19.1. The van der Waals surface area contributed by atoms with Crippen molar-refractivity contribution in [2.45, 2.75) is 18.9 Å². The van der Waals surface area contributed by atoms with Gasteiger partial charge in [-0.15, -0.1) is 0 Å². The molecule has 0 atom stereocenters. The number of anilines is 2. The Balaban J connectivity index is 1.46. The van der Waals surface area contributed by atoms with Gasteiger partial charge in [-0.05, 0) is 30.3 Å². The number of benzene rings is 2. The fraction of sp³-hybridized carbons (Fsp3) is 0.227. The first-order valence-corrected chi connectivity index (χ1v) is 9.66. The number of hydrogen-bond donors (Lipinski definition) is 1. The van der Waals surface area contributed by atoms with Crippen LogP contribution in [-0.2, 0) is 0 Å². The number of nitriles is 1. The summed E-state index contributed by atoms with van der Waals surface area (Å²) in [6.45, 7) is 1.18. The van der Waals surface area contributed by atoms with E-state index in [1.807, 2.05) is 0 Å². The SMILES string of the molecule is N#Cc1ccc(N2CCC(Oc3ccc(F)cc3F)CC2)c(NC(=O)c2ccon2)c1. The lowest BCUT2D eigenvalue weighted by atomic mass is 10.1. The summed E-state index contributed by atoms with van der Waals surface area (Å²) in [4.78, 5) is 14.5. The number of halogens is 2. The largest absolute Gasteiger partial charge is 0.487 e. The zero-order chi connectivity index (χ0) is 21.8. The highest BCUT2D eigenvalue weighted by Gasteiger charge is 2.24. The van der Waals surface area contributed by atoms with Crippen LogP contribution in [0.25, 0.3) is 0 Å². The Morgan fingerprint density at radius 2 is 2.00 bits per heavy atom. The molecule has 31 heavy (non-hydrogen) atoms. The zero-order valence-electron chi connectivity index (χ0n) is 16.3. The van der Waals surface area contributed by atoms with Crippen LogP contribution in [0.15, 0.2) is 53.3 Å². The second kappa shape index (κ2) is 8.83. The smallest absolute Gasteiger partial charge is 0.277 e. The van der Waals surface area contributed by atoms with Crippen LogP contribution in [0.5, 0.6) is 5.75 Å². The molecule has 1 aromatic heterocycles.